The van der Waals surface area contributed by atoms with E-state index in [1.165, 1.54) is 5.56 Å². The van der Waals surface area contributed by atoms with Gasteiger partial charge in [-0.05, 0) is 26.3 Å². The summed E-state index contributed by atoms with van der Waals surface area (Å²) in [5.74, 6) is 0.466. The predicted molar refractivity (Wildman–Crippen MR) is 74.7 cm³/mol. The van der Waals surface area contributed by atoms with Crippen LogP contribution in [0, 0.1) is 0 Å². The summed E-state index contributed by atoms with van der Waals surface area (Å²) in [6.45, 7) is 6.75. The summed E-state index contributed by atoms with van der Waals surface area (Å²) in [5, 5.41) is 8.06. The van der Waals surface area contributed by atoms with Gasteiger partial charge in [0.05, 0.1) is 6.04 Å². The van der Waals surface area contributed by atoms with E-state index in [2.05, 4.69) is 41.1 Å². The van der Waals surface area contributed by atoms with E-state index in [0.717, 1.165) is 6.54 Å². The molecule has 0 aliphatic rings. The molecule has 0 fully saturated rings. The lowest BCUT2D eigenvalue weighted by atomic mass is 10.2. The molecule has 5 heteroatoms. The van der Waals surface area contributed by atoms with Crippen molar-refractivity contribution in [3.63, 3.8) is 0 Å². The van der Waals surface area contributed by atoms with E-state index in [1.54, 1.807) is 0 Å². The van der Waals surface area contributed by atoms with E-state index >= 15 is 0 Å². The van der Waals surface area contributed by atoms with E-state index < -0.39 is 0 Å². The maximum Gasteiger partial charge on any atom is 0.318 e. The first-order valence-corrected chi connectivity index (χ1v) is 6.47. The van der Waals surface area contributed by atoms with Gasteiger partial charge < -0.3 is 15.1 Å². The third-order valence-electron chi connectivity index (χ3n) is 2.88. The molecule has 0 aliphatic carbocycles. The van der Waals surface area contributed by atoms with Crippen LogP contribution < -0.4 is 10.6 Å². The fraction of sp³-hybridized carbons (Fsp3) is 0.429. The number of hydrogen-bond acceptors (Lipinski definition) is 5. The Morgan fingerprint density at radius 1 is 1.16 bits per heavy atom. The molecule has 5 nitrogen and oxygen atoms in total. The second-order valence-corrected chi connectivity index (χ2v) is 4.92. The van der Waals surface area contributed by atoms with E-state index in [9.17, 15) is 0 Å². The maximum atomic E-state index is 5.74. The topological polar surface area (TPSA) is 68.2 Å². The summed E-state index contributed by atoms with van der Waals surface area (Å²) in [4.78, 5) is 2.06. The van der Waals surface area contributed by atoms with Crippen LogP contribution in [-0.4, -0.2) is 16.2 Å². The van der Waals surface area contributed by atoms with Crippen molar-refractivity contribution in [2.75, 3.05) is 4.90 Å². The largest absolute Gasteiger partial charge is 0.406 e. The lowest BCUT2D eigenvalue weighted by molar-refractivity contribution is 0.446. The van der Waals surface area contributed by atoms with Crippen molar-refractivity contribution in [3.05, 3.63) is 41.8 Å². The molecule has 0 radical (unpaired) electrons. The summed E-state index contributed by atoms with van der Waals surface area (Å²) >= 11 is 0. The quantitative estimate of drug-likeness (QED) is 0.894. The smallest absolute Gasteiger partial charge is 0.318 e. The number of aromatic nitrogens is 2. The van der Waals surface area contributed by atoms with Crippen LogP contribution in [0.25, 0.3) is 0 Å². The third-order valence-corrected chi connectivity index (χ3v) is 2.88. The molecule has 0 amide bonds. The molecule has 2 aromatic rings. The minimum Gasteiger partial charge on any atom is -0.406 e. The molecule has 0 saturated heterocycles. The molecular weight excluding hydrogens is 240 g/mol. The number of benzene rings is 1. The minimum atomic E-state index is -0.244. The Kier molecular flexibility index (Phi) is 4.16. The summed E-state index contributed by atoms with van der Waals surface area (Å²) in [6.07, 6.45) is 0. The maximum absolute atomic E-state index is 5.74. The Balaban J connectivity index is 2.20. The van der Waals surface area contributed by atoms with Crippen LogP contribution in [0.1, 0.15) is 38.3 Å². The molecule has 102 valence electrons. The van der Waals surface area contributed by atoms with Gasteiger partial charge in [0, 0.05) is 12.6 Å². The Morgan fingerprint density at radius 3 is 2.37 bits per heavy atom. The van der Waals surface area contributed by atoms with Crippen molar-refractivity contribution in [3.8, 4) is 0 Å². The van der Waals surface area contributed by atoms with Gasteiger partial charge >= 0.3 is 6.01 Å². The SMILES string of the molecule is CC(N)c1nnc(N(Cc2ccccc2)C(C)C)o1. The normalized spacial score (nSPS) is 12.7. The standard InChI is InChI=1S/C14H20N4O/c1-10(2)18(9-12-7-5-4-6-8-12)14-17-16-13(19-14)11(3)15/h4-8,10-11H,9,15H2,1-3H3. The first kappa shape index (κ1) is 13.5. The first-order chi connectivity index (χ1) is 9.08. The molecule has 2 rings (SSSR count). The van der Waals surface area contributed by atoms with Gasteiger partial charge in [-0.15, -0.1) is 5.10 Å². The second-order valence-electron chi connectivity index (χ2n) is 4.92. The van der Waals surface area contributed by atoms with Gasteiger partial charge in [0.2, 0.25) is 5.89 Å². The summed E-state index contributed by atoms with van der Waals surface area (Å²) in [5.41, 5.74) is 6.95. The number of nitrogens with two attached hydrogens (primary N) is 1. The average Bonchev–Trinajstić information content (AvgIpc) is 2.86. The number of anilines is 1. The molecule has 1 unspecified atom stereocenters. The zero-order valence-corrected chi connectivity index (χ0v) is 11.6. The van der Waals surface area contributed by atoms with Crippen LogP contribution in [0.15, 0.2) is 34.7 Å². The van der Waals surface area contributed by atoms with Crippen molar-refractivity contribution < 1.29 is 4.42 Å². The third kappa shape index (κ3) is 3.32. The molecule has 1 atom stereocenters. The number of nitrogens with zero attached hydrogens (tertiary/aromatic N) is 3. The minimum absolute atomic E-state index is 0.244. The summed E-state index contributed by atoms with van der Waals surface area (Å²) in [7, 11) is 0. The molecule has 1 aromatic heterocycles. The molecule has 2 N–H and O–H groups in total. The highest BCUT2D eigenvalue weighted by molar-refractivity contribution is 5.30. The van der Waals surface area contributed by atoms with Crippen molar-refractivity contribution in [1.29, 1.82) is 0 Å². The fourth-order valence-corrected chi connectivity index (χ4v) is 1.78. The lowest BCUT2D eigenvalue weighted by Gasteiger charge is -2.24. The zero-order valence-electron chi connectivity index (χ0n) is 11.6. The first-order valence-electron chi connectivity index (χ1n) is 6.47. The van der Waals surface area contributed by atoms with Crippen molar-refractivity contribution >= 4 is 6.01 Å². The van der Waals surface area contributed by atoms with E-state index in [1.807, 2.05) is 25.1 Å². The average molecular weight is 260 g/mol. The van der Waals surface area contributed by atoms with Crippen molar-refractivity contribution in [2.24, 2.45) is 5.73 Å². The van der Waals surface area contributed by atoms with Gasteiger partial charge in [0.25, 0.3) is 0 Å². The van der Waals surface area contributed by atoms with Crippen molar-refractivity contribution in [1.82, 2.24) is 10.2 Å². The van der Waals surface area contributed by atoms with Gasteiger partial charge in [0.15, 0.2) is 0 Å². The van der Waals surface area contributed by atoms with Gasteiger partial charge in [-0.3, -0.25) is 0 Å². The molecule has 1 aromatic carbocycles. The van der Waals surface area contributed by atoms with E-state index in [-0.39, 0.29) is 12.1 Å². The zero-order chi connectivity index (χ0) is 13.8. The number of hydrogen-bond donors (Lipinski definition) is 1. The monoisotopic (exact) mass is 260 g/mol. The Bertz CT molecular complexity index is 507. The Labute approximate surface area is 113 Å². The summed E-state index contributed by atoms with van der Waals surface area (Å²) < 4.78 is 5.62. The van der Waals surface area contributed by atoms with Gasteiger partial charge in [-0.2, -0.15) is 0 Å². The molecule has 0 bridgehead atoms. The molecule has 1 heterocycles. The molecular formula is C14H20N4O. The molecule has 0 saturated carbocycles. The lowest BCUT2D eigenvalue weighted by Crippen LogP contribution is -2.30. The van der Waals surface area contributed by atoms with Crippen LogP contribution in [0.5, 0.6) is 0 Å². The Hall–Kier alpha value is -1.88. The number of rotatable bonds is 5. The Morgan fingerprint density at radius 2 is 1.84 bits per heavy atom. The van der Waals surface area contributed by atoms with Crippen LogP contribution in [0.2, 0.25) is 0 Å². The highest BCUT2D eigenvalue weighted by Gasteiger charge is 2.19. The second kappa shape index (κ2) is 5.84. The highest BCUT2D eigenvalue weighted by Crippen LogP contribution is 2.20. The molecule has 19 heavy (non-hydrogen) atoms. The van der Waals surface area contributed by atoms with Gasteiger partial charge in [-0.25, -0.2) is 0 Å². The highest BCUT2D eigenvalue weighted by atomic mass is 16.4. The van der Waals surface area contributed by atoms with E-state index in [4.69, 9.17) is 10.2 Å². The van der Waals surface area contributed by atoms with Crippen LogP contribution in [0.4, 0.5) is 6.01 Å². The van der Waals surface area contributed by atoms with Crippen LogP contribution in [-0.2, 0) is 6.54 Å². The van der Waals surface area contributed by atoms with Crippen molar-refractivity contribution in [2.45, 2.75) is 39.4 Å². The van der Waals surface area contributed by atoms with E-state index in [0.29, 0.717) is 11.9 Å². The summed E-state index contributed by atoms with van der Waals surface area (Å²) in [6, 6.07) is 10.8. The van der Waals surface area contributed by atoms with Crippen LogP contribution >= 0.6 is 0 Å². The van der Waals surface area contributed by atoms with Crippen LogP contribution in [0.3, 0.4) is 0 Å². The van der Waals surface area contributed by atoms with Gasteiger partial charge in [-0.1, -0.05) is 35.4 Å². The fourth-order valence-electron chi connectivity index (χ4n) is 1.78. The van der Waals surface area contributed by atoms with Gasteiger partial charge in [0.1, 0.15) is 0 Å². The predicted octanol–water partition coefficient (Wildman–Crippen LogP) is 2.50. The molecule has 0 spiro atoms. The molecule has 0 aliphatic heterocycles.